The highest BCUT2D eigenvalue weighted by Gasteiger charge is 2.77. The van der Waals surface area contributed by atoms with Gasteiger partial charge in [0, 0.05) is 17.4 Å². The molecule has 3 fully saturated rings. The Balaban J connectivity index is 2.15. The summed E-state index contributed by atoms with van der Waals surface area (Å²) >= 11 is 3.56. The minimum atomic E-state index is -1.23. The Morgan fingerprint density at radius 2 is 2.06 bits per heavy atom. The summed E-state index contributed by atoms with van der Waals surface area (Å²) in [7, 11) is 0. The van der Waals surface area contributed by atoms with Gasteiger partial charge in [-0.05, 0) is 25.7 Å². The highest BCUT2D eigenvalue weighted by Crippen LogP contribution is 2.60. The van der Waals surface area contributed by atoms with Crippen molar-refractivity contribution in [3.8, 4) is 0 Å². The maximum Gasteiger partial charge on any atom is 0.310 e. The van der Waals surface area contributed by atoms with Crippen molar-refractivity contribution >= 4 is 33.7 Å². The molecule has 1 spiro atoms. The summed E-state index contributed by atoms with van der Waals surface area (Å²) < 4.78 is 6.34. The van der Waals surface area contributed by atoms with E-state index in [0.29, 0.717) is 19.4 Å². The molecule has 0 aromatic heterocycles. The lowest BCUT2D eigenvalue weighted by Gasteiger charge is -2.42. The Hall–Kier alpha value is -1.45. The maximum absolute atomic E-state index is 14.2. The summed E-state index contributed by atoms with van der Waals surface area (Å²) in [6.07, 6.45) is 3.73. The van der Waals surface area contributed by atoms with E-state index in [1.165, 1.54) is 4.90 Å². The van der Waals surface area contributed by atoms with E-state index in [9.17, 15) is 24.6 Å². The Bertz CT molecular complexity index is 793. The fourth-order valence-corrected chi connectivity index (χ4v) is 7.10. The van der Waals surface area contributed by atoms with Crippen molar-refractivity contribution in [3.05, 3.63) is 12.7 Å². The standard InChI is InChI=1S/C24H37BrN2O6/c1-6-9-14(5)26(10-7-2)22(30)20-24-11-15(25)19(33-24)17(23(31)32)18(24)21(29)27(20)16(12-28)13(4)8-3/h7,13-20,28H,2,6,8-12H2,1,3-5H3,(H,31,32)/t13-,14?,15?,16-,17-,18+,19-,20-,24+/m0/s1. The maximum atomic E-state index is 14.2. The molecule has 2 amide bonds. The zero-order chi connectivity index (χ0) is 24.7. The molecule has 33 heavy (non-hydrogen) atoms. The number of aliphatic hydroxyl groups is 1. The second-order valence-corrected chi connectivity index (χ2v) is 11.0. The van der Waals surface area contributed by atoms with Crippen LogP contribution in [0.3, 0.4) is 0 Å². The summed E-state index contributed by atoms with van der Waals surface area (Å²) in [5.41, 5.74) is -1.23. The molecule has 9 heteroatoms. The minimum absolute atomic E-state index is 0.0781. The van der Waals surface area contributed by atoms with Gasteiger partial charge in [-0.1, -0.05) is 55.6 Å². The van der Waals surface area contributed by atoms with Crippen LogP contribution < -0.4 is 0 Å². The molecule has 186 valence electrons. The molecule has 3 saturated heterocycles. The van der Waals surface area contributed by atoms with Crippen LogP contribution in [0.1, 0.15) is 53.4 Å². The van der Waals surface area contributed by atoms with Gasteiger partial charge in [0.15, 0.2) is 0 Å². The lowest BCUT2D eigenvalue weighted by atomic mass is 9.70. The number of hydrogen-bond donors (Lipinski definition) is 2. The van der Waals surface area contributed by atoms with Crippen LogP contribution in [0.15, 0.2) is 12.7 Å². The summed E-state index contributed by atoms with van der Waals surface area (Å²) in [4.78, 5) is 43.2. The number of alkyl halides is 1. The predicted molar refractivity (Wildman–Crippen MR) is 127 cm³/mol. The van der Waals surface area contributed by atoms with Crippen molar-refractivity contribution in [3.63, 3.8) is 0 Å². The molecule has 0 radical (unpaired) electrons. The van der Waals surface area contributed by atoms with Crippen LogP contribution in [0.25, 0.3) is 0 Å². The van der Waals surface area contributed by atoms with Crippen molar-refractivity contribution < 1.29 is 29.3 Å². The van der Waals surface area contributed by atoms with Gasteiger partial charge in [0.25, 0.3) is 0 Å². The molecule has 8 nitrogen and oxygen atoms in total. The fourth-order valence-electron chi connectivity index (χ4n) is 6.16. The van der Waals surface area contributed by atoms with Gasteiger partial charge in [0.1, 0.15) is 11.6 Å². The van der Waals surface area contributed by atoms with E-state index in [1.54, 1.807) is 11.0 Å². The molecule has 2 N–H and O–H groups in total. The molecule has 0 aromatic rings. The number of aliphatic hydroxyl groups excluding tert-OH is 1. The zero-order valence-corrected chi connectivity index (χ0v) is 21.5. The highest BCUT2D eigenvalue weighted by atomic mass is 79.9. The van der Waals surface area contributed by atoms with E-state index in [2.05, 4.69) is 22.5 Å². The molecule has 3 heterocycles. The normalized spacial score (nSPS) is 35.3. The first-order valence-corrected chi connectivity index (χ1v) is 12.9. The smallest absolute Gasteiger partial charge is 0.310 e. The third-order valence-corrected chi connectivity index (χ3v) is 8.78. The first-order chi connectivity index (χ1) is 15.6. The molecule has 9 atom stereocenters. The highest BCUT2D eigenvalue weighted by molar-refractivity contribution is 9.09. The van der Waals surface area contributed by atoms with Crippen molar-refractivity contribution in [2.75, 3.05) is 13.2 Å². The van der Waals surface area contributed by atoms with Gasteiger partial charge in [-0.2, -0.15) is 0 Å². The van der Waals surface area contributed by atoms with Crippen LogP contribution in [-0.4, -0.2) is 85.6 Å². The van der Waals surface area contributed by atoms with Gasteiger partial charge in [0.2, 0.25) is 11.8 Å². The van der Waals surface area contributed by atoms with Gasteiger partial charge < -0.3 is 24.7 Å². The van der Waals surface area contributed by atoms with E-state index in [1.807, 2.05) is 27.7 Å². The van der Waals surface area contributed by atoms with Crippen LogP contribution in [0.4, 0.5) is 0 Å². The van der Waals surface area contributed by atoms with Crippen LogP contribution in [0, 0.1) is 17.8 Å². The monoisotopic (exact) mass is 528 g/mol. The van der Waals surface area contributed by atoms with Gasteiger partial charge in [-0.25, -0.2) is 0 Å². The average Bonchev–Trinajstić information content (AvgIpc) is 3.36. The van der Waals surface area contributed by atoms with E-state index in [4.69, 9.17) is 4.74 Å². The summed E-state index contributed by atoms with van der Waals surface area (Å²) in [6, 6.07) is -1.68. The molecule has 3 aliphatic rings. The molecule has 3 rings (SSSR count). The lowest BCUT2D eigenvalue weighted by molar-refractivity contribution is -0.155. The first kappa shape index (κ1) is 26.2. The number of carboxylic acids is 1. The number of rotatable bonds is 11. The largest absolute Gasteiger partial charge is 0.481 e. The van der Waals surface area contributed by atoms with E-state index < -0.39 is 47.5 Å². The summed E-state index contributed by atoms with van der Waals surface area (Å²) in [5, 5.41) is 20.3. The van der Waals surface area contributed by atoms with Crippen LogP contribution in [0.5, 0.6) is 0 Å². The average molecular weight is 529 g/mol. The van der Waals surface area contributed by atoms with Gasteiger partial charge in [-0.15, -0.1) is 6.58 Å². The second-order valence-electron chi connectivity index (χ2n) is 9.80. The Kier molecular flexibility index (Phi) is 7.96. The molecule has 2 bridgehead atoms. The molecule has 0 aromatic carbocycles. The number of carbonyl (C=O) groups is 3. The third-order valence-electron chi connectivity index (χ3n) is 7.94. The van der Waals surface area contributed by atoms with Crippen molar-refractivity contribution in [2.24, 2.45) is 17.8 Å². The quantitative estimate of drug-likeness (QED) is 0.315. The van der Waals surface area contributed by atoms with Gasteiger partial charge in [-0.3, -0.25) is 14.4 Å². The van der Waals surface area contributed by atoms with Crippen LogP contribution in [0.2, 0.25) is 0 Å². The van der Waals surface area contributed by atoms with Crippen molar-refractivity contribution in [2.45, 2.75) is 88.0 Å². The molecule has 2 unspecified atom stereocenters. The number of halogens is 1. The van der Waals surface area contributed by atoms with E-state index in [-0.39, 0.29) is 29.3 Å². The van der Waals surface area contributed by atoms with Gasteiger partial charge >= 0.3 is 5.97 Å². The predicted octanol–water partition coefficient (Wildman–Crippen LogP) is 2.43. The summed E-state index contributed by atoms with van der Waals surface area (Å²) in [6.45, 7) is 11.7. The van der Waals surface area contributed by atoms with E-state index in [0.717, 1.165) is 12.8 Å². The number of carbonyl (C=O) groups excluding carboxylic acids is 2. The SMILES string of the molecule is C=CCN(C(=O)[C@@H]1N([C@@H](CO)[C@@H](C)CC)C(=O)[C@H]2[C@H](C(=O)O)[C@H]3O[C@@]12CC3Br)C(C)CCC. The second kappa shape index (κ2) is 10.0. The summed E-state index contributed by atoms with van der Waals surface area (Å²) in [5.74, 6) is -3.82. The molecule has 3 aliphatic heterocycles. The molecule has 0 saturated carbocycles. The van der Waals surface area contributed by atoms with Crippen LogP contribution in [-0.2, 0) is 19.1 Å². The van der Waals surface area contributed by atoms with Crippen molar-refractivity contribution in [1.82, 2.24) is 9.80 Å². The lowest BCUT2D eigenvalue weighted by Crippen LogP contribution is -2.61. The number of likely N-dealkylation sites (tertiary alicyclic amines) is 1. The Morgan fingerprint density at radius 1 is 1.39 bits per heavy atom. The fraction of sp³-hybridized carbons (Fsp3) is 0.792. The van der Waals surface area contributed by atoms with Crippen molar-refractivity contribution in [1.29, 1.82) is 0 Å². The first-order valence-electron chi connectivity index (χ1n) is 12.0. The Labute approximate surface area is 204 Å². The third kappa shape index (κ3) is 4.04. The number of nitrogens with zero attached hydrogens (tertiary/aromatic N) is 2. The molecular weight excluding hydrogens is 492 g/mol. The topological polar surface area (TPSA) is 107 Å². The van der Waals surface area contributed by atoms with Gasteiger partial charge in [0.05, 0.1) is 30.6 Å². The number of hydrogen-bond acceptors (Lipinski definition) is 5. The zero-order valence-electron chi connectivity index (χ0n) is 19.9. The van der Waals surface area contributed by atoms with E-state index >= 15 is 0 Å². The number of aliphatic carboxylic acids is 1. The molecular formula is C24H37BrN2O6. The number of fused-ring (bicyclic) bond motifs is 1. The Morgan fingerprint density at radius 3 is 2.58 bits per heavy atom. The van der Waals surface area contributed by atoms with Crippen LogP contribution >= 0.6 is 15.9 Å². The molecule has 0 aliphatic carbocycles. The number of ether oxygens (including phenoxy) is 1. The number of carboxylic acid groups (broad SMARTS) is 1. The number of amides is 2. The minimum Gasteiger partial charge on any atom is -0.481 e.